The van der Waals surface area contributed by atoms with E-state index < -0.39 is 5.97 Å². The molecule has 0 fully saturated rings. The third kappa shape index (κ3) is 4.66. The Morgan fingerprint density at radius 1 is 1.09 bits per heavy atom. The molecule has 4 rings (SSSR count). The molecule has 1 aromatic heterocycles. The van der Waals surface area contributed by atoms with Gasteiger partial charge in [-0.3, -0.25) is 0 Å². The van der Waals surface area contributed by atoms with Gasteiger partial charge in [-0.05, 0) is 49.2 Å². The number of ether oxygens (including phenoxy) is 1. The second kappa shape index (κ2) is 9.16. The van der Waals surface area contributed by atoms with Crippen molar-refractivity contribution >= 4 is 34.3 Å². The molecule has 0 amide bonds. The van der Waals surface area contributed by atoms with E-state index in [4.69, 9.17) is 21.3 Å². The number of carbonyl (C=O) groups is 1. The van der Waals surface area contributed by atoms with Crippen LogP contribution in [0, 0.1) is 13.8 Å². The Kier molecular flexibility index (Phi) is 6.29. The zero-order chi connectivity index (χ0) is 23.7. The molecule has 4 aromatic rings. The topological polar surface area (TPSA) is 67.6 Å². The first-order valence-electron chi connectivity index (χ1n) is 10.6. The summed E-state index contributed by atoms with van der Waals surface area (Å²) in [5, 5.41) is 10.1. The van der Waals surface area contributed by atoms with Crippen LogP contribution in [0.25, 0.3) is 11.0 Å². The Bertz CT molecular complexity index is 1340. The molecule has 0 aliphatic heterocycles. The molecule has 1 heterocycles. The number of halogens is 1. The monoisotopic (exact) mass is 463 g/mol. The van der Waals surface area contributed by atoms with Crippen LogP contribution in [0.4, 0.5) is 5.69 Å². The number of rotatable bonds is 7. The number of hydrogen-bond donors (Lipinski definition) is 1. The maximum Gasteiger partial charge on any atom is 0.336 e. The predicted molar refractivity (Wildman–Crippen MR) is 132 cm³/mol. The number of aromatic nitrogens is 2. The fourth-order valence-electron chi connectivity index (χ4n) is 3.89. The smallest absolute Gasteiger partial charge is 0.336 e. The molecule has 1 N–H and O–H groups in total. The lowest BCUT2D eigenvalue weighted by Crippen LogP contribution is -2.09. The van der Waals surface area contributed by atoms with E-state index in [1.54, 1.807) is 18.2 Å². The van der Waals surface area contributed by atoms with E-state index in [-0.39, 0.29) is 12.2 Å². The van der Waals surface area contributed by atoms with E-state index in [1.165, 1.54) is 0 Å². The standard InChI is InChI=1S/C26H26ClN3O3/c1-16-11-21(33-15-19-7-5-6-8-22(19)26(31)32)13-24-25(16)28-17(2)30(24)14-18-9-10-20(29(3)4)12-23(18)27/h5-13H,14-15H2,1-4H3,(H,31,32). The van der Waals surface area contributed by atoms with Gasteiger partial charge in [0.25, 0.3) is 0 Å². The van der Waals surface area contributed by atoms with Crippen molar-refractivity contribution in [2.45, 2.75) is 27.0 Å². The van der Waals surface area contributed by atoms with Gasteiger partial charge in [-0.2, -0.15) is 0 Å². The largest absolute Gasteiger partial charge is 0.489 e. The molecule has 3 aromatic carbocycles. The maximum atomic E-state index is 11.5. The van der Waals surface area contributed by atoms with Crippen LogP contribution in [0.1, 0.15) is 32.9 Å². The summed E-state index contributed by atoms with van der Waals surface area (Å²) in [4.78, 5) is 18.3. The van der Waals surface area contributed by atoms with Gasteiger partial charge in [0.1, 0.15) is 18.2 Å². The van der Waals surface area contributed by atoms with E-state index in [9.17, 15) is 9.90 Å². The van der Waals surface area contributed by atoms with Crippen molar-refractivity contribution in [3.8, 4) is 5.75 Å². The molecule has 33 heavy (non-hydrogen) atoms. The zero-order valence-electron chi connectivity index (χ0n) is 19.1. The number of benzene rings is 3. The van der Waals surface area contributed by atoms with Gasteiger partial charge in [0, 0.05) is 36.4 Å². The van der Waals surface area contributed by atoms with Crippen molar-refractivity contribution in [1.82, 2.24) is 9.55 Å². The molecule has 7 heteroatoms. The number of aryl methyl sites for hydroxylation is 2. The summed E-state index contributed by atoms with van der Waals surface area (Å²) in [5.74, 6) is 0.580. The fraction of sp³-hybridized carbons (Fsp3) is 0.231. The molecule has 0 atom stereocenters. The Morgan fingerprint density at radius 2 is 1.85 bits per heavy atom. The minimum Gasteiger partial charge on any atom is -0.489 e. The maximum absolute atomic E-state index is 11.5. The highest BCUT2D eigenvalue weighted by molar-refractivity contribution is 6.31. The highest BCUT2D eigenvalue weighted by Gasteiger charge is 2.15. The molecule has 6 nitrogen and oxygen atoms in total. The third-order valence-corrected chi connectivity index (χ3v) is 6.08. The van der Waals surface area contributed by atoms with E-state index in [1.807, 2.05) is 63.2 Å². The van der Waals surface area contributed by atoms with Crippen LogP contribution >= 0.6 is 11.6 Å². The molecule has 0 spiro atoms. The first-order valence-corrected chi connectivity index (χ1v) is 11.0. The second-order valence-corrected chi connectivity index (χ2v) is 8.68. The van der Waals surface area contributed by atoms with Crippen molar-refractivity contribution in [2.24, 2.45) is 0 Å². The van der Waals surface area contributed by atoms with Crippen molar-refractivity contribution in [3.63, 3.8) is 0 Å². The molecule has 0 aliphatic carbocycles. The van der Waals surface area contributed by atoms with Crippen molar-refractivity contribution < 1.29 is 14.6 Å². The van der Waals surface area contributed by atoms with Gasteiger partial charge < -0.3 is 19.3 Å². The summed E-state index contributed by atoms with van der Waals surface area (Å²) in [7, 11) is 3.97. The molecule has 0 saturated heterocycles. The summed E-state index contributed by atoms with van der Waals surface area (Å²) in [6, 6.07) is 16.8. The molecule has 170 valence electrons. The van der Waals surface area contributed by atoms with Crippen LogP contribution in [-0.2, 0) is 13.2 Å². The number of anilines is 1. The number of carboxylic acid groups (broad SMARTS) is 1. The second-order valence-electron chi connectivity index (χ2n) is 8.27. The minimum atomic E-state index is -0.966. The highest BCUT2D eigenvalue weighted by atomic mass is 35.5. The predicted octanol–water partition coefficient (Wildman–Crippen LogP) is 5.70. The average molecular weight is 464 g/mol. The van der Waals surface area contributed by atoms with Crippen LogP contribution in [0.2, 0.25) is 5.02 Å². The molecular weight excluding hydrogens is 438 g/mol. The molecule has 0 unspecified atom stereocenters. The van der Waals surface area contributed by atoms with Crippen LogP contribution < -0.4 is 9.64 Å². The van der Waals surface area contributed by atoms with E-state index in [2.05, 4.69) is 10.6 Å². The molecular formula is C26H26ClN3O3. The van der Waals surface area contributed by atoms with Crippen LogP contribution in [0.5, 0.6) is 5.75 Å². The Morgan fingerprint density at radius 3 is 2.55 bits per heavy atom. The van der Waals surface area contributed by atoms with E-state index >= 15 is 0 Å². The fourth-order valence-corrected chi connectivity index (χ4v) is 4.12. The average Bonchev–Trinajstić information content (AvgIpc) is 3.09. The SMILES string of the molecule is Cc1cc(OCc2ccccc2C(=O)O)cc2c1nc(C)n2Cc1ccc(N(C)C)cc1Cl. The number of nitrogens with zero attached hydrogens (tertiary/aromatic N) is 3. The van der Waals surface area contributed by atoms with Gasteiger partial charge in [0.15, 0.2) is 0 Å². The number of fused-ring (bicyclic) bond motifs is 1. The van der Waals surface area contributed by atoms with Crippen molar-refractivity contribution in [2.75, 3.05) is 19.0 Å². The normalized spacial score (nSPS) is 11.1. The summed E-state index contributed by atoms with van der Waals surface area (Å²) in [6.45, 7) is 4.72. The van der Waals surface area contributed by atoms with Crippen molar-refractivity contribution in [1.29, 1.82) is 0 Å². The van der Waals surface area contributed by atoms with Gasteiger partial charge in [-0.15, -0.1) is 0 Å². The van der Waals surface area contributed by atoms with Gasteiger partial charge in [-0.1, -0.05) is 35.9 Å². The Hall–Kier alpha value is -3.51. The van der Waals surface area contributed by atoms with Crippen LogP contribution in [-0.4, -0.2) is 34.7 Å². The minimum absolute atomic E-state index is 0.165. The van der Waals surface area contributed by atoms with Crippen LogP contribution in [0.3, 0.4) is 0 Å². The summed E-state index contributed by atoms with van der Waals surface area (Å²) in [5.41, 5.74) is 5.76. The number of aromatic carboxylic acids is 1. The van der Waals surface area contributed by atoms with Gasteiger partial charge >= 0.3 is 5.97 Å². The first kappa shape index (κ1) is 22.7. The Balaban J connectivity index is 1.66. The first-order chi connectivity index (χ1) is 15.7. The van der Waals surface area contributed by atoms with Crippen molar-refractivity contribution in [3.05, 3.63) is 87.7 Å². The number of carboxylic acids is 1. The van der Waals surface area contributed by atoms with Crippen LogP contribution in [0.15, 0.2) is 54.6 Å². The number of imidazole rings is 1. The number of hydrogen-bond acceptors (Lipinski definition) is 4. The Labute approximate surface area is 198 Å². The summed E-state index contributed by atoms with van der Waals surface area (Å²) < 4.78 is 8.14. The third-order valence-electron chi connectivity index (χ3n) is 5.73. The lowest BCUT2D eigenvalue weighted by atomic mass is 10.1. The highest BCUT2D eigenvalue weighted by Crippen LogP contribution is 2.29. The lowest BCUT2D eigenvalue weighted by Gasteiger charge is -2.15. The molecule has 0 saturated carbocycles. The molecule has 0 aliphatic rings. The van der Waals surface area contributed by atoms with Gasteiger partial charge in [-0.25, -0.2) is 9.78 Å². The summed E-state index contributed by atoms with van der Waals surface area (Å²) >= 11 is 6.58. The van der Waals surface area contributed by atoms with E-state index in [0.29, 0.717) is 22.9 Å². The lowest BCUT2D eigenvalue weighted by molar-refractivity contribution is 0.0694. The zero-order valence-corrected chi connectivity index (χ0v) is 19.8. The molecule has 0 radical (unpaired) electrons. The summed E-state index contributed by atoms with van der Waals surface area (Å²) in [6.07, 6.45) is 0. The van der Waals surface area contributed by atoms with Gasteiger partial charge in [0.05, 0.1) is 23.1 Å². The van der Waals surface area contributed by atoms with Gasteiger partial charge in [0.2, 0.25) is 0 Å². The molecule has 0 bridgehead atoms. The van der Waals surface area contributed by atoms with E-state index in [0.717, 1.165) is 33.7 Å². The quantitative estimate of drug-likeness (QED) is 0.381.